The molecule has 0 fully saturated rings. The maximum Gasteiger partial charge on any atom is 0.326 e. The monoisotopic (exact) mass is 750 g/mol. The third-order valence-corrected chi connectivity index (χ3v) is 8.28. The molecule has 3 aromatic rings. The van der Waals surface area contributed by atoms with Crippen molar-refractivity contribution in [2.24, 2.45) is 17.2 Å². The molecule has 0 radical (unpaired) electrons. The Kier molecular flexibility index (Phi) is 15.9. The zero-order valence-electron chi connectivity index (χ0n) is 29.3. The number of hydrogen-bond acceptors (Lipinski definition) is 9. The number of carboxylic acids is 2. The molecule has 19 heteroatoms. The maximum atomic E-state index is 14.0. The van der Waals surface area contributed by atoms with Crippen LogP contribution in [0.2, 0.25) is 0 Å². The lowest BCUT2D eigenvalue weighted by molar-refractivity contribution is -0.143. The van der Waals surface area contributed by atoms with Crippen LogP contribution in [0.5, 0.6) is 0 Å². The van der Waals surface area contributed by atoms with Crippen LogP contribution < -0.4 is 43.8 Å². The molecule has 2 aromatic carbocycles. The molecule has 1 heterocycles. The van der Waals surface area contributed by atoms with Crippen molar-refractivity contribution in [1.29, 1.82) is 5.41 Å². The number of carbonyl (C=O) groups is 7. The lowest BCUT2D eigenvalue weighted by Gasteiger charge is -2.26. The van der Waals surface area contributed by atoms with E-state index in [-0.39, 0.29) is 38.2 Å². The first-order chi connectivity index (χ1) is 25.6. The van der Waals surface area contributed by atoms with Gasteiger partial charge in [-0.05, 0) is 36.5 Å². The molecule has 5 amide bonds. The number of H-pyrrole nitrogens is 1. The highest BCUT2D eigenvalue weighted by Crippen LogP contribution is 2.19. The van der Waals surface area contributed by atoms with E-state index in [1.54, 1.807) is 60.8 Å². The second-order valence-electron chi connectivity index (χ2n) is 12.5. The average Bonchev–Trinajstić information content (AvgIpc) is 3.52. The molecular weight excluding hydrogens is 704 g/mol. The Morgan fingerprint density at radius 3 is 1.93 bits per heavy atom. The number of carboxylic acid groups (broad SMARTS) is 2. The normalized spacial score (nSPS) is 13.6. The zero-order chi connectivity index (χ0) is 39.8. The van der Waals surface area contributed by atoms with Gasteiger partial charge in [-0.1, -0.05) is 48.5 Å². The number of nitrogens with two attached hydrogens (primary N) is 3. The molecule has 0 aliphatic rings. The number of aliphatic carboxylic acids is 2. The van der Waals surface area contributed by atoms with Gasteiger partial charge in [0, 0.05) is 42.9 Å². The standard InChI is InChI=1S/C35H46N10O9/c36-22(17-28(37)46)30(49)44-26(15-19-7-2-1-3-8-19)32(51)42-24(11-6-14-40-35(38)39)31(50)45-27(16-20-18-41-23-10-5-4-9-21(20)23)33(52)43-25(34(53)54)12-13-29(47)48/h1-5,7-10,18,22,24-27,41H,6,11-17,36H2,(H2,37,46)(H,42,51)(H,43,52)(H,44,49)(H,45,50)(H,47,48)(H,53,54)(H4,38,39,40)/t22-,24-,25-,26+,27-/m0/s1. The quantitative estimate of drug-likeness (QED) is 0.0311. The van der Waals surface area contributed by atoms with E-state index >= 15 is 0 Å². The number of guanidine groups is 1. The van der Waals surface area contributed by atoms with E-state index in [0.717, 1.165) is 10.9 Å². The highest BCUT2D eigenvalue weighted by molar-refractivity contribution is 5.96. The van der Waals surface area contributed by atoms with E-state index < -0.39 is 90.9 Å². The summed E-state index contributed by atoms with van der Waals surface area (Å²) in [5, 5.41) is 39.6. The molecule has 15 N–H and O–H groups in total. The molecule has 19 nitrogen and oxygen atoms in total. The van der Waals surface area contributed by atoms with Crippen molar-refractivity contribution in [3.8, 4) is 0 Å². The van der Waals surface area contributed by atoms with Gasteiger partial charge in [-0.3, -0.25) is 34.2 Å². The van der Waals surface area contributed by atoms with Gasteiger partial charge >= 0.3 is 11.9 Å². The minimum Gasteiger partial charge on any atom is -0.481 e. The predicted octanol–water partition coefficient (Wildman–Crippen LogP) is -1.69. The van der Waals surface area contributed by atoms with Crippen LogP contribution in [-0.4, -0.2) is 99.4 Å². The molecule has 0 bridgehead atoms. The van der Waals surface area contributed by atoms with Crippen molar-refractivity contribution >= 4 is 58.3 Å². The number of rotatable bonds is 22. The minimum absolute atomic E-state index is 0.0412. The number of nitrogens with one attached hydrogen (secondary N) is 7. The lowest BCUT2D eigenvalue weighted by Crippen LogP contribution is -2.59. The van der Waals surface area contributed by atoms with E-state index in [0.29, 0.717) is 11.1 Å². The summed E-state index contributed by atoms with van der Waals surface area (Å²) in [7, 11) is 0. The Morgan fingerprint density at radius 2 is 1.30 bits per heavy atom. The van der Waals surface area contributed by atoms with Crippen LogP contribution in [0.15, 0.2) is 60.8 Å². The molecule has 3 rings (SSSR count). The van der Waals surface area contributed by atoms with Gasteiger partial charge in [0.25, 0.3) is 0 Å². The Bertz CT molecular complexity index is 1820. The fraction of sp³-hybridized carbons (Fsp3) is 0.371. The molecule has 0 saturated carbocycles. The lowest BCUT2D eigenvalue weighted by atomic mass is 10.0. The largest absolute Gasteiger partial charge is 0.481 e. The van der Waals surface area contributed by atoms with Crippen molar-refractivity contribution in [2.45, 2.75) is 75.2 Å². The topological polar surface area (TPSA) is 338 Å². The van der Waals surface area contributed by atoms with Crippen molar-refractivity contribution in [3.63, 3.8) is 0 Å². The molecule has 0 unspecified atom stereocenters. The number of primary amides is 1. The van der Waals surface area contributed by atoms with Crippen LogP contribution in [-0.2, 0) is 46.4 Å². The summed E-state index contributed by atoms with van der Waals surface area (Å²) in [6.07, 6.45) is 0.123. The van der Waals surface area contributed by atoms with Gasteiger partial charge in [-0.2, -0.15) is 0 Å². The van der Waals surface area contributed by atoms with Gasteiger partial charge < -0.3 is 59.0 Å². The first-order valence-electron chi connectivity index (χ1n) is 17.0. The van der Waals surface area contributed by atoms with E-state index in [9.17, 15) is 38.7 Å². The zero-order valence-corrected chi connectivity index (χ0v) is 29.3. The predicted molar refractivity (Wildman–Crippen MR) is 195 cm³/mol. The Morgan fingerprint density at radius 1 is 0.722 bits per heavy atom. The highest BCUT2D eigenvalue weighted by atomic mass is 16.4. The number of fused-ring (bicyclic) bond motifs is 1. The first kappa shape index (κ1) is 41.9. The number of carbonyl (C=O) groups excluding carboxylic acids is 5. The van der Waals surface area contributed by atoms with Crippen LogP contribution >= 0.6 is 0 Å². The van der Waals surface area contributed by atoms with Gasteiger partial charge in [-0.25, -0.2) is 4.79 Å². The summed E-state index contributed by atoms with van der Waals surface area (Å²) < 4.78 is 0. The molecule has 0 aliphatic heterocycles. The van der Waals surface area contributed by atoms with Gasteiger partial charge in [0.15, 0.2) is 5.96 Å². The molecule has 1 aromatic heterocycles. The molecular formula is C35H46N10O9. The molecule has 5 atom stereocenters. The third-order valence-electron chi connectivity index (χ3n) is 8.28. The van der Waals surface area contributed by atoms with E-state index in [1.807, 2.05) is 0 Å². The van der Waals surface area contributed by atoms with E-state index in [2.05, 4.69) is 31.6 Å². The van der Waals surface area contributed by atoms with Gasteiger partial charge in [0.1, 0.15) is 24.2 Å². The molecule has 0 aliphatic carbocycles. The van der Waals surface area contributed by atoms with Crippen LogP contribution in [0.3, 0.4) is 0 Å². The summed E-state index contributed by atoms with van der Waals surface area (Å²) >= 11 is 0. The van der Waals surface area contributed by atoms with Crippen LogP contribution in [0, 0.1) is 5.41 Å². The number of hydrogen-bond donors (Lipinski definition) is 12. The van der Waals surface area contributed by atoms with Crippen molar-refractivity contribution in [3.05, 3.63) is 71.9 Å². The number of aromatic nitrogens is 1. The number of amides is 5. The van der Waals surface area contributed by atoms with Gasteiger partial charge in [0.2, 0.25) is 29.5 Å². The summed E-state index contributed by atoms with van der Waals surface area (Å²) in [5.41, 5.74) is 18.4. The highest BCUT2D eigenvalue weighted by Gasteiger charge is 2.32. The Labute approximate surface area is 309 Å². The van der Waals surface area contributed by atoms with E-state index in [1.165, 1.54) is 0 Å². The number of benzene rings is 2. The van der Waals surface area contributed by atoms with Gasteiger partial charge in [-0.15, -0.1) is 0 Å². The molecule has 54 heavy (non-hydrogen) atoms. The summed E-state index contributed by atoms with van der Waals surface area (Å²) in [4.78, 5) is 92.0. The van der Waals surface area contributed by atoms with Crippen LogP contribution in [0.4, 0.5) is 0 Å². The summed E-state index contributed by atoms with van der Waals surface area (Å²) in [6.45, 7) is 0.129. The molecule has 0 saturated heterocycles. The van der Waals surface area contributed by atoms with E-state index in [4.69, 9.17) is 27.7 Å². The van der Waals surface area contributed by atoms with Crippen molar-refractivity contribution in [2.75, 3.05) is 6.54 Å². The minimum atomic E-state index is -1.59. The maximum absolute atomic E-state index is 14.0. The fourth-order valence-electron chi connectivity index (χ4n) is 5.52. The van der Waals surface area contributed by atoms with Crippen LogP contribution in [0.1, 0.15) is 43.2 Å². The Hall–Kier alpha value is -6.50. The van der Waals surface area contributed by atoms with Crippen LogP contribution in [0.25, 0.3) is 10.9 Å². The average molecular weight is 751 g/mol. The second-order valence-corrected chi connectivity index (χ2v) is 12.5. The van der Waals surface area contributed by atoms with Crippen molar-refractivity contribution in [1.82, 2.24) is 31.6 Å². The second kappa shape index (κ2) is 20.5. The number of aromatic amines is 1. The van der Waals surface area contributed by atoms with Gasteiger partial charge in [0.05, 0.1) is 12.5 Å². The molecule has 290 valence electrons. The number of para-hydroxylation sites is 1. The summed E-state index contributed by atoms with van der Waals surface area (Å²) in [6, 6.07) is 8.76. The third kappa shape index (κ3) is 13.6. The molecule has 0 spiro atoms. The summed E-state index contributed by atoms with van der Waals surface area (Å²) in [5.74, 6) is -7.34. The van der Waals surface area contributed by atoms with Crippen molar-refractivity contribution < 1.29 is 43.8 Å². The smallest absolute Gasteiger partial charge is 0.326 e. The SMILES string of the molecule is N=C(N)NCCC[C@H](NC(=O)[C@@H](Cc1ccccc1)NC(=O)[C@@H](N)CC(N)=O)C(=O)N[C@@H](Cc1c[nH]c2ccccc12)C(=O)N[C@@H](CCC(=O)O)C(=O)O. The Balaban J connectivity index is 1.93. The first-order valence-corrected chi connectivity index (χ1v) is 17.0. The fourth-order valence-corrected chi connectivity index (χ4v) is 5.52.